The van der Waals surface area contributed by atoms with Crippen LogP contribution >= 0.6 is 0 Å². The maximum Gasteiger partial charge on any atom is 0.339 e. The Morgan fingerprint density at radius 3 is 1.17 bits per heavy atom. The van der Waals surface area contributed by atoms with E-state index in [2.05, 4.69) is 18.4 Å². The van der Waals surface area contributed by atoms with Crippen LogP contribution in [0.5, 0.6) is 0 Å². The lowest BCUT2D eigenvalue weighted by atomic mass is 9.97. The molecule has 0 spiro atoms. The third-order valence-corrected chi connectivity index (χ3v) is 8.33. The monoisotopic (exact) mass is 474 g/mol. The highest BCUT2D eigenvalue weighted by atomic mass is 32.2. The maximum absolute atomic E-state index is 12.8. The molecule has 2 rings (SSSR count). The van der Waals surface area contributed by atoms with Gasteiger partial charge < -0.3 is 0 Å². The van der Waals surface area contributed by atoms with E-state index in [4.69, 9.17) is 9.78 Å². The first-order valence-electron chi connectivity index (χ1n) is 9.55. The molecule has 0 atom stereocenters. The van der Waals surface area contributed by atoms with E-state index >= 15 is 0 Å². The largest absolute Gasteiger partial charge is 0.339 e. The number of carbonyl (C=O) groups is 2. The molecule has 14 heteroatoms. The molecule has 2 saturated carbocycles. The van der Waals surface area contributed by atoms with Crippen molar-refractivity contribution in [2.45, 2.75) is 87.9 Å². The Kier molecular flexibility index (Phi) is 8.21. The molecule has 0 aromatic heterocycles. The van der Waals surface area contributed by atoms with Gasteiger partial charge in [0, 0.05) is 13.8 Å². The molecule has 2 aliphatic rings. The topological polar surface area (TPSA) is 158 Å². The van der Waals surface area contributed by atoms with Crippen molar-refractivity contribution in [1.29, 1.82) is 0 Å². The summed E-state index contributed by atoms with van der Waals surface area (Å²) in [5, 5.41) is 0. The molecule has 0 saturated heterocycles. The Morgan fingerprint density at radius 2 is 0.900 bits per heavy atom. The number of rotatable bonds is 9. The lowest BCUT2D eigenvalue weighted by Crippen LogP contribution is -2.48. The van der Waals surface area contributed by atoms with Gasteiger partial charge >= 0.3 is 32.2 Å². The third kappa shape index (κ3) is 5.68. The van der Waals surface area contributed by atoms with E-state index in [9.17, 15) is 26.4 Å². The minimum atomic E-state index is -4.83. The average molecular weight is 475 g/mol. The van der Waals surface area contributed by atoms with Crippen LogP contribution in [0.4, 0.5) is 0 Å². The van der Waals surface area contributed by atoms with E-state index < -0.39 is 42.0 Å². The van der Waals surface area contributed by atoms with E-state index in [-0.39, 0.29) is 25.7 Å². The number of carbonyl (C=O) groups excluding carboxylic acids is 2. The molecule has 0 aromatic carbocycles. The van der Waals surface area contributed by atoms with Crippen molar-refractivity contribution >= 4 is 32.2 Å². The minimum Gasteiger partial charge on any atom is -0.297 e. The van der Waals surface area contributed by atoms with Crippen molar-refractivity contribution in [3.05, 3.63) is 0 Å². The standard InChI is InChI=1S/C16H26O12S2/c1-13(17)23-25-15(9-5-3-6-10-15)29(19,20)27-28-30(21,22)16(26-24-14(2)18)11-7-4-8-12-16/h3-12H2,1-2H3. The lowest BCUT2D eigenvalue weighted by molar-refractivity contribution is -0.320. The highest BCUT2D eigenvalue weighted by molar-refractivity contribution is 7.90. The van der Waals surface area contributed by atoms with Crippen molar-refractivity contribution in [2.75, 3.05) is 0 Å². The predicted octanol–water partition coefficient (Wildman–Crippen LogP) is 1.90. The molecule has 0 heterocycles. The highest BCUT2D eigenvalue weighted by Crippen LogP contribution is 2.41. The van der Waals surface area contributed by atoms with Crippen LogP contribution in [0, 0.1) is 0 Å². The Bertz CT molecular complexity index is 750. The summed E-state index contributed by atoms with van der Waals surface area (Å²) < 4.78 is 59.9. The molecule has 0 aliphatic heterocycles. The number of hydrogen-bond acceptors (Lipinski definition) is 12. The van der Waals surface area contributed by atoms with Crippen LogP contribution in [0.3, 0.4) is 0 Å². The normalized spacial score (nSPS) is 21.5. The predicted molar refractivity (Wildman–Crippen MR) is 97.3 cm³/mol. The zero-order valence-corrected chi connectivity index (χ0v) is 18.4. The van der Waals surface area contributed by atoms with Crippen LogP contribution in [-0.2, 0) is 58.0 Å². The Labute approximate surface area is 175 Å². The Morgan fingerprint density at radius 1 is 0.600 bits per heavy atom. The zero-order valence-electron chi connectivity index (χ0n) is 16.8. The van der Waals surface area contributed by atoms with Crippen molar-refractivity contribution in [3.63, 3.8) is 0 Å². The summed E-state index contributed by atoms with van der Waals surface area (Å²) in [4.78, 5) is 36.5. The Hall–Kier alpha value is -1.32. The number of hydrogen-bond donors (Lipinski definition) is 0. The molecule has 0 unspecified atom stereocenters. The smallest absolute Gasteiger partial charge is 0.297 e. The van der Waals surface area contributed by atoms with Gasteiger partial charge in [0.15, 0.2) is 0 Å². The maximum atomic E-state index is 12.8. The molecule has 174 valence electrons. The van der Waals surface area contributed by atoms with Crippen LogP contribution in [0.1, 0.15) is 78.1 Å². The second-order valence-corrected chi connectivity index (χ2v) is 10.9. The average Bonchev–Trinajstić information content (AvgIpc) is 2.70. The molecule has 0 N–H and O–H groups in total. The molecular formula is C16H26O12S2. The first-order valence-corrected chi connectivity index (χ1v) is 12.4. The highest BCUT2D eigenvalue weighted by Gasteiger charge is 2.54. The summed E-state index contributed by atoms with van der Waals surface area (Å²) in [5.41, 5.74) is 0. The zero-order chi connectivity index (χ0) is 22.5. The second kappa shape index (κ2) is 9.87. The van der Waals surface area contributed by atoms with Gasteiger partial charge in [0.1, 0.15) is 0 Å². The van der Waals surface area contributed by atoms with Gasteiger partial charge in [-0.1, -0.05) is 21.5 Å². The second-order valence-electron chi connectivity index (χ2n) is 7.30. The fraction of sp³-hybridized carbons (Fsp3) is 0.875. The minimum absolute atomic E-state index is 0.0961. The molecule has 0 amide bonds. The van der Waals surface area contributed by atoms with Crippen molar-refractivity contribution in [2.24, 2.45) is 0 Å². The van der Waals surface area contributed by atoms with Crippen molar-refractivity contribution < 1.29 is 54.6 Å². The summed E-state index contributed by atoms with van der Waals surface area (Å²) in [6, 6.07) is 0. The van der Waals surface area contributed by atoms with Gasteiger partial charge in [0.05, 0.1) is 0 Å². The van der Waals surface area contributed by atoms with E-state index in [0.717, 1.165) is 13.8 Å². The molecule has 2 aliphatic carbocycles. The van der Waals surface area contributed by atoms with Gasteiger partial charge in [-0.15, -0.1) is 0 Å². The van der Waals surface area contributed by atoms with Crippen LogP contribution in [-0.4, -0.2) is 38.6 Å². The van der Waals surface area contributed by atoms with E-state index in [1.54, 1.807) is 0 Å². The van der Waals surface area contributed by atoms with E-state index in [1.165, 1.54) is 0 Å². The van der Waals surface area contributed by atoms with Gasteiger partial charge in [-0.05, 0) is 51.4 Å². The van der Waals surface area contributed by atoms with Crippen molar-refractivity contribution in [1.82, 2.24) is 0 Å². The Balaban J connectivity index is 2.21. The fourth-order valence-electron chi connectivity index (χ4n) is 3.40. The molecule has 12 nitrogen and oxygen atoms in total. The molecule has 2 fully saturated rings. The molecule has 30 heavy (non-hydrogen) atoms. The quantitative estimate of drug-likeness (QED) is 0.353. The van der Waals surface area contributed by atoms with E-state index in [1.807, 2.05) is 0 Å². The van der Waals surface area contributed by atoms with Crippen LogP contribution in [0.2, 0.25) is 0 Å². The first-order chi connectivity index (χ1) is 14.0. The van der Waals surface area contributed by atoms with Crippen LogP contribution in [0.25, 0.3) is 0 Å². The van der Waals surface area contributed by atoms with Gasteiger partial charge in [-0.25, -0.2) is 9.59 Å². The SMILES string of the molecule is CC(=O)OOC1(S(=O)(=O)OOS(=O)(=O)C2(OOC(C)=O)CCCCC2)CCCCC1. The van der Waals surface area contributed by atoms with Gasteiger partial charge in [-0.3, -0.25) is 9.78 Å². The molecular weight excluding hydrogens is 448 g/mol. The molecule has 0 aromatic rings. The van der Waals surface area contributed by atoms with Gasteiger partial charge in [-0.2, -0.15) is 26.6 Å². The van der Waals surface area contributed by atoms with Crippen LogP contribution < -0.4 is 0 Å². The molecule has 0 bridgehead atoms. The third-order valence-electron chi connectivity index (χ3n) is 4.97. The van der Waals surface area contributed by atoms with Gasteiger partial charge in [0.25, 0.3) is 0 Å². The summed E-state index contributed by atoms with van der Waals surface area (Å²) in [6.07, 6.45) is 2.68. The van der Waals surface area contributed by atoms with Crippen LogP contribution in [0.15, 0.2) is 0 Å². The van der Waals surface area contributed by atoms with Crippen molar-refractivity contribution in [3.8, 4) is 0 Å². The summed E-state index contributed by atoms with van der Waals surface area (Å²) >= 11 is 0. The molecule has 0 radical (unpaired) electrons. The first kappa shape index (κ1) is 24.9. The summed E-state index contributed by atoms with van der Waals surface area (Å²) in [6.45, 7) is 2.04. The lowest BCUT2D eigenvalue weighted by Gasteiger charge is -2.34. The summed E-state index contributed by atoms with van der Waals surface area (Å²) in [7, 11) is -9.67. The summed E-state index contributed by atoms with van der Waals surface area (Å²) in [5.74, 6) is -1.78. The van der Waals surface area contributed by atoms with Gasteiger partial charge in [0.2, 0.25) is 9.87 Å². The van der Waals surface area contributed by atoms with E-state index in [0.29, 0.717) is 38.5 Å². The fourth-order valence-corrected chi connectivity index (χ4v) is 6.04.